The summed E-state index contributed by atoms with van der Waals surface area (Å²) in [4.78, 5) is 11.3. The fourth-order valence-electron chi connectivity index (χ4n) is 1.85. The molecule has 0 aromatic heterocycles. The number of carbonyl (C=O) groups excluding carboxylic acids is 1. The minimum absolute atomic E-state index is 0.241. The summed E-state index contributed by atoms with van der Waals surface area (Å²) >= 11 is 0. The van der Waals surface area contributed by atoms with E-state index in [-0.39, 0.29) is 11.7 Å². The van der Waals surface area contributed by atoms with Gasteiger partial charge >= 0.3 is 0 Å². The Morgan fingerprint density at radius 2 is 1.92 bits per heavy atom. The van der Waals surface area contributed by atoms with E-state index in [0.717, 1.165) is 12.8 Å². The summed E-state index contributed by atoms with van der Waals surface area (Å²) in [6.07, 6.45) is 5.94. The third-order valence-electron chi connectivity index (χ3n) is 2.94. The van der Waals surface area contributed by atoms with Crippen molar-refractivity contribution in [2.75, 3.05) is 0 Å². The van der Waals surface area contributed by atoms with Crippen LogP contribution in [-0.4, -0.2) is 5.78 Å². The van der Waals surface area contributed by atoms with Crippen molar-refractivity contribution < 1.29 is 4.79 Å². The molecule has 0 spiro atoms. The second kappa shape index (κ2) is 3.42. The first-order valence-corrected chi connectivity index (χ1v) is 4.71. The van der Waals surface area contributed by atoms with Gasteiger partial charge in [0.2, 0.25) is 0 Å². The lowest BCUT2D eigenvalue weighted by Crippen LogP contribution is -2.25. The van der Waals surface area contributed by atoms with Crippen LogP contribution in [0.15, 0.2) is 12.7 Å². The Morgan fingerprint density at radius 3 is 2.33 bits per heavy atom. The van der Waals surface area contributed by atoms with E-state index < -0.39 is 0 Å². The Bertz CT molecular complexity index is 181. The SMILES string of the molecule is C=CC(=O)C1CCC(C)(C)CC1. The predicted octanol–water partition coefficient (Wildman–Crippen LogP) is 2.96. The molecular formula is C11H18O. The van der Waals surface area contributed by atoms with Gasteiger partial charge < -0.3 is 0 Å². The maximum atomic E-state index is 11.3. The van der Waals surface area contributed by atoms with Gasteiger partial charge in [-0.2, -0.15) is 0 Å². The van der Waals surface area contributed by atoms with Crippen molar-refractivity contribution in [3.05, 3.63) is 12.7 Å². The normalized spacial score (nSPS) is 23.5. The van der Waals surface area contributed by atoms with Crippen molar-refractivity contribution in [1.29, 1.82) is 0 Å². The first-order valence-electron chi connectivity index (χ1n) is 4.71. The average Bonchev–Trinajstić information content (AvgIpc) is 2.03. The molecule has 1 nitrogen and oxygen atoms in total. The third-order valence-corrected chi connectivity index (χ3v) is 2.94. The van der Waals surface area contributed by atoms with Crippen molar-refractivity contribution in [1.82, 2.24) is 0 Å². The molecule has 0 amide bonds. The van der Waals surface area contributed by atoms with E-state index in [4.69, 9.17) is 0 Å². The number of rotatable bonds is 2. The van der Waals surface area contributed by atoms with Crippen LogP contribution in [0, 0.1) is 11.3 Å². The summed E-state index contributed by atoms with van der Waals surface area (Å²) in [6.45, 7) is 8.08. The Kier molecular flexibility index (Phi) is 2.71. The molecule has 0 bridgehead atoms. The number of hydrogen-bond acceptors (Lipinski definition) is 1. The molecule has 1 aliphatic rings. The summed E-state index contributed by atoms with van der Waals surface area (Å²) in [5, 5.41) is 0. The van der Waals surface area contributed by atoms with Gasteiger partial charge in [0.25, 0.3) is 0 Å². The van der Waals surface area contributed by atoms with Crippen molar-refractivity contribution >= 4 is 5.78 Å². The highest BCUT2D eigenvalue weighted by Crippen LogP contribution is 2.38. The fourth-order valence-corrected chi connectivity index (χ4v) is 1.85. The lowest BCUT2D eigenvalue weighted by atomic mass is 9.72. The molecule has 0 aromatic carbocycles. The standard InChI is InChI=1S/C11H18O/c1-4-10(12)9-5-7-11(2,3)8-6-9/h4,9H,1,5-8H2,2-3H3. The van der Waals surface area contributed by atoms with Gasteiger partial charge in [0.05, 0.1) is 0 Å². The lowest BCUT2D eigenvalue weighted by molar-refractivity contribution is -0.119. The van der Waals surface area contributed by atoms with E-state index in [1.165, 1.54) is 18.9 Å². The van der Waals surface area contributed by atoms with Crippen LogP contribution in [-0.2, 0) is 4.79 Å². The highest BCUT2D eigenvalue weighted by Gasteiger charge is 2.29. The molecule has 1 heteroatoms. The van der Waals surface area contributed by atoms with E-state index in [1.54, 1.807) is 0 Å². The first kappa shape index (κ1) is 9.50. The molecule has 1 aliphatic carbocycles. The van der Waals surface area contributed by atoms with Gasteiger partial charge in [-0.3, -0.25) is 4.79 Å². The molecule has 0 aliphatic heterocycles. The second-order valence-corrected chi connectivity index (χ2v) is 4.54. The maximum absolute atomic E-state index is 11.3. The Balaban J connectivity index is 2.46. The Morgan fingerprint density at radius 1 is 1.42 bits per heavy atom. The molecule has 1 fully saturated rings. The molecule has 1 saturated carbocycles. The van der Waals surface area contributed by atoms with Crippen LogP contribution in [0.1, 0.15) is 39.5 Å². The molecule has 0 unspecified atom stereocenters. The zero-order chi connectivity index (χ0) is 9.19. The van der Waals surface area contributed by atoms with Gasteiger partial charge in [-0.25, -0.2) is 0 Å². The Labute approximate surface area is 74.9 Å². The quantitative estimate of drug-likeness (QED) is 0.576. The van der Waals surface area contributed by atoms with Gasteiger partial charge in [0.15, 0.2) is 5.78 Å². The minimum Gasteiger partial charge on any atom is -0.295 e. The maximum Gasteiger partial charge on any atom is 0.158 e. The van der Waals surface area contributed by atoms with Crippen LogP contribution in [0.4, 0.5) is 0 Å². The van der Waals surface area contributed by atoms with E-state index in [2.05, 4.69) is 20.4 Å². The van der Waals surface area contributed by atoms with E-state index >= 15 is 0 Å². The van der Waals surface area contributed by atoms with Crippen LogP contribution in [0.2, 0.25) is 0 Å². The van der Waals surface area contributed by atoms with Gasteiger partial charge in [0.1, 0.15) is 0 Å². The molecule has 12 heavy (non-hydrogen) atoms. The Hall–Kier alpha value is -0.590. The van der Waals surface area contributed by atoms with Crippen molar-refractivity contribution in [3.63, 3.8) is 0 Å². The number of hydrogen-bond donors (Lipinski definition) is 0. The van der Waals surface area contributed by atoms with Crippen molar-refractivity contribution in [2.24, 2.45) is 11.3 Å². The van der Waals surface area contributed by atoms with Crippen LogP contribution >= 0.6 is 0 Å². The van der Waals surface area contributed by atoms with E-state index in [9.17, 15) is 4.79 Å². The molecule has 0 aromatic rings. The topological polar surface area (TPSA) is 17.1 Å². The summed E-state index contributed by atoms with van der Waals surface area (Å²) in [5.41, 5.74) is 0.456. The van der Waals surface area contributed by atoms with Crippen molar-refractivity contribution in [2.45, 2.75) is 39.5 Å². The second-order valence-electron chi connectivity index (χ2n) is 4.54. The fraction of sp³-hybridized carbons (Fsp3) is 0.727. The molecule has 0 radical (unpaired) electrons. The minimum atomic E-state index is 0.241. The zero-order valence-electron chi connectivity index (χ0n) is 8.10. The molecule has 68 valence electrons. The molecule has 1 rings (SSSR count). The summed E-state index contributed by atoms with van der Waals surface area (Å²) in [7, 11) is 0. The summed E-state index contributed by atoms with van der Waals surface area (Å²) in [5.74, 6) is 0.515. The third kappa shape index (κ3) is 2.20. The molecule has 0 atom stereocenters. The number of carbonyl (C=O) groups is 1. The lowest BCUT2D eigenvalue weighted by Gasteiger charge is -2.33. The van der Waals surface area contributed by atoms with Gasteiger partial charge in [0, 0.05) is 5.92 Å². The van der Waals surface area contributed by atoms with Crippen LogP contribution < -0.4 is 0 Å². The van der Waals surface area contributed by atoms with Crippen LogP contribution in [0.25, 0.3) is 0 Å². The highest BCUT2D eigenvalue weighted by atomic mass is 16.1. The first-order chi connectivity index (χ1) is 5.55. The smallest absolute Gasteiger partial charge is 0.158 e. The highest BCUT2D eigenvalue weighted by molar-refractivity contribution is 5.91. The number of ketones is 1. The van der Waals surface area contributed by atoms with Gasteiger partial charge in [-0.15, -0.1) is 0 Å². The predicted molar refractivity (Wildman–Crippen MR) is 50.9 cm³/mol. The van der Waals surface area contributed by atoms with Gasteiger partial charge in [-0.05, 0) is 37.2 Å². The molecule has 0 heterocycles. The largest absolute Gasteiger partial charge is 0.295 e. The zero-order valence-corrected chi connectivity index (χ0v) is 8.10. The summed E-state index contributed by atoms with van der Waals surface area (Å²) < 4.78 is 0. The molecule has 0 saturated heterocycles. The monoisotopic (exact) mass is 166 g/mol. The molecule has 0 N–H and O–H groups in total. The summed E-state index contributed by atoms with van der Waals surface area (Å²) in [6, 6.07) is 0. The molecular weight excluding hydrogens is 148 g/mol. The van der Waals surface area contributed by atoms with Gasteiger partial charge in [-0.1, -0.05) is 20.4 Å². The number of allylic oxidation sites excluding steroid dienone is 1. The van der Waals surface area contributed by atoms with Crippen LogP contribution in [0.3, 0.4) is 0 Å². The van der Waals surface area contributed by atoms with Crippen LogP contribution in [0.5, 0.6) is 0 Å². The van der Waals surface area contributed by atoms with Crippen molar-refractivity contribution in [3.8, 4) is 0 Å². The van der Waals surface area contributed by atoms with E-state index in [0.29, 0.717) is 5.41 Å². The average molecular weight is 166 g/mol. The van der Waals surface area contributed by atoms with E-state index in [1.807, 2.05) is 0 Å².